The topological polar surface area (TPSA) is 84.6 Å². The fourth-order valence-corrected chi connectivity index (χ4v) is 2.51. The number of nitrogen functional groups attached to an aromatic ring is 1. The summed E-state index contributed by atoms with van der Waals surface area (Å²) in [6.45, 7) is 2.11. The Bertz CT molecular complexity index is 476. The second-order valence-corrected chi connectivity index (χ2v) is 5.13. The van der Waals surface area contributed by atoms with Crippen LogP contribution in [0.4, 0.5) is 11.4 Å². The number of carbonyl (C=O) groups is 1. The molecule has 2 rings (SSSR count). The van der Waals surface area contributed by atoms with Gasteiger partial charge in [0.25, 0.3) is 0 Å². The van der Waals surface area contributed by atoms with Crippen molar-refractivity contribution in [2.75, 3.05) is 17.7 Å². The van der Waals surface area contributed by atoms with Crippen LogP contribution in [0.1, 0.15) is 43.0 Å². The Balaban J connectivity index is 2.07. The summed E-state index contributed by atoms with van der Waals surface area (Å²) < 4.78 is 4.93. The molecule has 110 valence electrons. The maximum atomic E-state index is 11.6. The summed E-state index contributed by atoms with van der Waals surface area (Å²) in [5.41, 5.74) is 7.66. The molecule has 0 spiro atoms. The lowest BCUT2D eigenvalue weighted by molar-refractivity contribution is 0.0526. The second kappa shape index (κ2) is 6.61. The maximum Gasteiger partial charge on any atom is 0.338 e. The van der Waals surface area contributed by atoms with Gasteiger partial charge in [0.1, 0.15) is 0 Å². The van der Waals surface area contributed by atoms with Gasteiger partial charge in [-0.05, 0) is 38.0 Å². The van der Waals surface area contributed by atoms with Crippen LogP contribution in [0.2, 0.25) is 0 Å². The van der Waals surface area contributed by atoms with Gasteiger partial charge < -0.3 is 20.9 Å². The molecule has 1 aliphatic rings. The van der Waals surface area contributed by atoms with Crippen molar-refractivity contribution in [2.45, 2.75) is 44.8 Å². The number of anilines is 2. The summed E-state index contributed by atoms with van der Waals surface area (Å²) >= 11 is 0. The smallest absolute Gasteiger partial charge is 0.338 e. The van der Waals surface area contributed by atoms with Crippen LogP contribution in [0.25, 0.3) is 0 Å². The number of carbonyl (C=O) groups excluding carboxylic acids is 1. The summed E-state index contributed by atoms with van der Waals surface area (Å²) in [5, 5.41) is 13.2. The van der Waals surface area contributed by atoms with E-state index in [2.05, 4.69) is 5.32 Å². The zero-order valence-corrected chi connectivity index (χ0v) is 11.8. The lowest BCUT2D eigenvalue weighted by Gasteiger charge is -2.29. The molecule has 1 aromatic carbocycles. The minimum absolute atomic E-state index is 0.0273. The number of benzene rings is 1. The number of hydrogen-bond acceptors (Lipinski definition) is 5. The molecule has 20 heavy (non-hydrogen) atoms. The highest BCUT2D eigenvalue weighted by Crippen LogP contribution is 2.26. The van der Waals surface area contributed by atoms with Crippen LogP contribution in [0.15, 0.2) is 18.2 Å². The molecule has 2 atom stereocenters. The third-order valence-electron chi connectivity index (χ3n) is 3.63. The van der Waals surface area contributed by atoms with Crippen molar-refractivity contribution in [3.8, 4) is 0 Å². The van der Waals surface area contributed by atoms with Gasteiger partial charge in [0.05, 0.1) is 35.7 Å². The van der Waals surface area contributed by atoms with E-state index >= 15 is 0 Å². The van der Waals surface area contributed by atoms with Gasteiger partial charge in [-0.3, -0.25) is 0 Å². The Hall–Kier alpha value is -1.75. The monoisotopic (exact) mass is 278 g/mol. The van der Waals surface area contributed by atoms with Crippen molar-refractivity contribution in [3.05, 3.63) is 23.8 Å². The van der Waals surface area contributed by atoms with E-state index in [-0.39, 0.29) is 18.1 Å². The number of aliphatic hydroxyl groups excluding tert-OH is 1. The van der Waals surface area contributed by atoms with E-state index in [9.17, 15) is 9.90 Å². The number of nitrogens with one attached hydrogen (secondary N) is 1. The molecule has 0 aromatic heterocycles. The van der Waals surface area contributed by atoms with E-state index in [1.54, 1.807) is 25.1 Å². The molecule has 1 aliphatic carbocycles. The van der Waals surface area contributed by atoms with Gasteiger partial charge in [0.2, 0.25) is 0 Å². The Labute approximate surface area is 119 Å². The van der Waals surface area contributed by atoms with E-state index in [0.717, 1.165) is 31.4 Å². The molecule has 0 heterocycles. The van der Waals surface area contributed by atoms with E-state index in [1.807, 2.05) is 0 Å². The average Bonchev–Trinajstić information content (AvgIpc) is 2.43. The first-order chi connectivity index (χ1) is 9.61. The van der Waals surface area contributed by atoms with E-state index < -0.39 is 0 Å². The SMILES string of the molecule is CCOC(=O)c1ccc(N[C@@H]2CCCC[C@H]2O)c(N)c1. The summed E-state index contributed by atoms with van der Waals surface area (Å²) in [5.74, 6) is -0.372. The average molecular weight is 278 g/mol. The number of rotatable bonds is 4. The Kier molecular flexibility index (Phi) is 4.84. The van der Waals surface area contributed by atoms with Gasteiger partial charge >= 0.3 is 5.97 Å². The molecule has 1 saturated carbocycles. The fraction of sp³-hybridized carbons (Fsp3) is 0.533. The standard InChI is InChI=1S/C15H22N2O3/c1-2-20-15(19)10-7-8-12(11(16)9-10)17-13-5-3-4-6-14(13)18/h7-9,13-14,17-18H,2-6,16H2,1H3/t13-,14-/m1/s1. The third-order valence-corrected chi connectivity index (χ3v) is 3.63. The highest BCUT2D eigenvalue weighted by atomic mass is 16.5. The van der Waals surface area contributed by atoms with Crippen LogP contribution in [0, 0.1) is 0 Å². The number of nitrogens with two attached hydrogens (primary N) is 1. The molecule has 0 saturated heterocycles. The van der Waals surface area contributed by atoms with Crippen molar-refractivity contribution in [1.29, 1.82) is 0 Å². The molecule has 0 unspecified atom stereocenters. The molecule has 1 fully saturated rings. The molecule has 0 bridgehead atoms. The van der Waals surface area contributed by atoms with E-state index in [1.165, 1.54) is 0 Å². The van der Waals surface area contributed by atoms with E-state index in [4.69, 9.17) is 10.5 Å². The van der Waals surface area contributed by atoms with Gasteiger partial charge in [-0.2, -0.15) is 0 Å². The number of hydrogen-bond donors (Lipinski definition) is 3. The predicted molar refractivity (Wildman–Crippen MR) is 78.7 cm³/mol. The quantitative estimate of drug-likeness (QED) is 0.580. The van der Waals surface area contributed by atoms with Crippen molar-refractivity contribution in [1.82, 2.24) is 0 Å². The zero-order chi connectivity index (χ0) is 14.5. The molecular formula is C15H22N2O3. The second-order valence-electron chi connectivity index (χ2n) is 5.13. The predicted octanol–water partition coefficient (Wildman–Crippen LogP) is 2.16. The summed E-state index contributed by atoms with van der Waals surface area (Å²) in [4.78, 5) is 11.6. The van der Waals surface area contributed by atoms with Crippen LogP contribution in [0.5, 0.6) is 0 Å². The first-order valence-electron chi connectivity index (χ1n) is 7.13. The molecule has 4 N–H and O–H groups in total. The van der Waals surface area contributed by atoms with Crippen molar-refractivity contribution >= 4 is 17.3 Å². The Morgan fingerprint density at radius 3 is 2.85 bits per heavy atom. The highest BCUT2D eigenvalue weighted by molar-refractivity contribution is 5.92. The van der Waals surface area contributed by atoms with Gasteiger partial charge in [-0.25, -0.2) is 4.79 Å². The summed E-state index contributed by atoms with van der Waals surface area (Å²) in [6, 6.07) is 5.09. The molecule has 0 radical (unpaired) electrons. The molecule has 5 heteroatoms. The normalized spacial score (nSPS) is 22.3. The molecular weight excluding hydrogens is 256 g/mol. The van der Waals surface area contributed by atoms with Gasteiger partial charge in [-0.15, -0.1) is 0 Å². The minimum Gasteiger partial charge on any atom is -0.462 e. The largest absolute Gasteiger partial charge is 0.462 e. The summed E-state index contributed by atoms with van der Waals surface area (Å²) in [6.07, 6.45) is 3.58. The zero-order valence-electron chi connectivity index (χ0n) is 11.8. The van der Waals surface area contributed by atoms with Crippen molar-refractivity contribution in [3.63, 3.8) is 0 Å². The minimum atomic E-state index is -0.372. The molecule has 0 amide bonds. The first kappa shape index (κ1) is 14.7. The Morgan fingerprint density at radius 2 is 2.20 bits per heavy atom. The lowest BCUT2D eigenvalue weighted by atomic mass is 9.92. The van der Waals surface area contributed by atoms with Crippen LogP contribution in [0.3, 0.4) is 0 Å². The number of aliphatic hydroxyl groups is 1. The van der Waals surface area contributed by atoms with Crippen LogP contribution < -0.4 is 11.1 Å². The Morgan fingerprint density at radius 1 is 1.45 bits per heavy atom. The summed E-state index contributed by atoms with van der Waals surface area (Å²) in [7, 11) is 0. The fourth-order valence-electron chi connectivity index (χ4n) is 2.51. The van der Waals surface area contributed by atoms with Crippen LogP contribution >= 0.6 is 0 Å². The van der Waals surface area contributed by atoms with Crippen molar-refractivity contribution < 1.29 is 14.6 Å². The molecule has 5 nitrogen and oxygen atoms in total. The van der Waals surface area contributed by atoms with Crippen molar-refractivity contribution in [2.24, 2.45) is 0 Å². The lowest BCUT2D eigenvalue weighted by Crippen LogP contribution is -2.36. The number of esters is 1. The van der Waals surface area contributed by atoms with Gasteiger partial charge in [0.15, 0.2) is 0 Å². The third kappa shape index (κ3) is 3.42. The first-order valence-corrected chi connectivity index (χ1v) is 7.13. The highest BCUT2D eigenvalue weighted by Gasteiger charge is 2.23. The van der Waals surface area contributed by atoms with E-state index in [0.29, 0.717) is 17.9 Å². The van der Waals surface area contributed by atoms with Gasteiger partial charge in [-0.1, -0.05) is 12.8 Å². The number of ether oxygens (including phenoxy) is 1. The van der Waals surface area contributed by atoms with Gasteiger partial charge in [0, 0.05) is 0 Å². The molecule has 1 aromatic rings. The van der Waals surface area contributed by atoms with Crippen LogP contribution in [-0.2, 0) is 4.74 Å². The molecule has 0 aliphatic heterocycles. The van der Waals surface area contributed by atoms with Crippen LogP contribution in [-0.4, -0.2) is 29.8 Å². The maximum absolute atomic E-state index is 11.6.